The Morgan fingerprint density at radius 3 is 2.82 bits per heavy atom. The van der Waals surface area contributed by atoms with Gasteiger partial charge in [-0.15, -0.1) is 0 Å². The number of carboxylic acid groups (broad SMARTS) is 1. The molecule has 1 fully saturated rings. The molecule has 5 heteroatoms. The van der Waals surface area contributed by atoms with E-state index in [1.54, 1.807) is 11.0 Å². The van der Waals surface area contributed by atoms with Crippen molar-refractivity contribution in [2.24, 2.45) is 5.73 Å². The van der Waals surface area contributed by atoms with Gasteiger partial charge >= 0.3 is 5.97 Å². The number of carbonyl (C=O) groups is 1. The van der Waals surface area contributed by atoms with Crippen molar-refractivity contribution in [1.82, 2.24) is 0 Å². The van der Waals surface area contributed by atoms with Gasteiger partial charge in [-0.25, -0.2) is 4.79 Å². The molecule has 1 aromatic carbocycles. The van der Waals surface area contributed by atoms with E-state index in [1.807, 2.05) is 19.1 Å². The van der Waals surface area contributed by atoms with E-state index in [0.717, 1.165) is 17.7 Å². The maximum Gasteiger partial charge on any atom is 0.344 e. The fraction of sp³-hybridized carbons (Fsp3) is 0.417. The summed E-state index contributed by atoms with van der Waals surface area (Å²) in [5.41, 5.74) is 12.9. The van der Waals surface area contributed by atoms with Crippen LogP contribution >= 0.6 is 0 Å². The second-order valence-electron chi connectivity index (χ2n) is 4.53. The minimum atomic E-state index is -1.29. The Morgan fingerprint density at radius 1 is 1.53 bits per heavy atom. The van der Waals surface area contributed by atoms with Gasteiger partial charge in [-0.05, 0) is 43.5 Å². The first-order valence-corrected chi connectivity index (χ1v) is 5.61. The second kappa shape index (κ2) is 3.92. The summed E-state index contributed by atoms with van der Waals surface area (Å²) < 4.78 is 0. The lowest BCUT2D eigenvalue weighted by atomic mass is 10.1. The third kappa shape index (κ3) is 1.82. The molecule has 0 bridgehead atoms. The molecule has 0 aliphatic carbocycles. The van der Waals surface area contributed by atoms with Gasteiger partial charge in [0.1, 0.15) is 0 Å². The molecule has 0 saturated carbocycles. The van der Waals surface area contributed by atoms with Crippen LogP contribution in [-0.2, 0) is 4.79 Å². The maximum absolute atomic E-state index is 11.3. The van der Waals surface area contributed by atoms with Crippen molar-refractivity contribution in [2.45, 2.75) is 25.4 Å². The summed E-state index contributed by atoms with van der Waals surface area (Å²) in [5, 5.41) is 9.24. The molecular weight excluding hydrogens is 218 g/mol. The average Bonchev–Trinajstić information content (AvgIpc) is 2.66. The molecule has 1 aliphatic heterocycles. The number of nitrogens with two attached hydrogens (primary N) is 2. The van der Waals surface area contributed by atoms with Crippen LogP contribution in [0.3, 0.4) is 0 Å². The van der Waals surface area contributed by atoms with E-state index in [9.17, 15) is 9.90 Å². The number of nitrogen functional groups attached to an aromatic ring is 1. The number of carboxylic acids is 1. The predicted molar refractivity (Wildman–Crippen MR) is 66.7 cm³/mol. The molecule has 0 spiro atoms. The van der Waals surface area contributed by atoms with Crippen LogP contribution < -0.4 is 16.4 Å². The summed E-state index contributed by atoms with van der Waals surface area (Å²) in [5.74, 6) is -0.982. The molecule has 0 aromatic heterocycles. The van der Waals surface area contributed by atoms with Crippen LogP contribution in [-0.4, -0.2) is 23.3 Å². The molecular formula is C12H17N3O2. The summed E-state index contributed by atoms with van der Waals surface area (Å²) in [6.07, 6.45) is 1.25. The number of rotatable bonds is 2. The van der Waals surface area contributed by atoms with Gasteiger partial charge in [0.15, 0.2) is 5.66 Å². The Morgan fingerprint density at radius 2 is 2.24 bits per heavy atom. The normalized spacial score (nSPS) is 24.0. The van der Waals surface area contributed by atoms with Crippen molar-refractivity contribution in [3.63, 3.8) is 0 Å². The van der Waals surface area contributed by atoms with E-state index in [-0.39, 0.29) is 0 Å². The lowest BCUT2D eigenvalue weighted by Gasteiger charge is -2.33. The highest BCUT2D eigenvalue weighted by Gasteiger charge is 2.44. The Hall–Kier alpha value is -1.75. The number of benzene rings is 1. The van der Waals surface area contributed by atoms with E-state index in [2.05, 4.69) is 0 Å². The van der Waals surface area contributed by atoms with Crippen molar-refractivity contribution < 1.29 is 9.90 Å². The number of nitrogens with zero attached hydrogens (tertiary/aromatic N) is 1. The number of hydrogen-bond donors (Lipinski definition) is 3. The highest BCUT2D eigenvalue weighted by Crippen LogP contribution is 2.32. The van der Waals surface area contributed by atoms with Crippen molar-refractivity contribution >= 4 is 17.3 Å². The topological polar surface area (TPSA) is 92.6 Å². The zero-order chi connectivity index (χ0) is 12.6. The van der Waals surface area contributed by atoms with Crippen molar-refractivity contribution in [2.75, 3.05) is 17.2 Å². The third-order valence-corrected chi connectivity index (χ3v) is 3.36. The molecule has 1 saturated heterocycles. The number of aliphatic carboxylic acids is 1. The number of hydrogen-bond acceptors (Lipinski definition) is 4. The van der Waals surface area contributed by atoms with Gasteiger partial charge in [-0.2, -0.15) is 0 Å². The smallest absolute Gasteiger partial charge is 0.344 e. The first-order chi connectivity index (χ1) is 7.95. The Bertz CT molecular complexity index is 461. The molecule has 0 amide bonds. The summed E-state index contributed by atoms with van der Waals surface area (Å²) in [7, 11) is 0. The first-order valence-electron chi connectivity index (χ1n) is 5.61. The fourth-order valence-corrected chi connectivity index (χ4v) is 2.25. The minimum Gasteiger partial charge on any atom is -0.478 e. The Balaban J connectivity index is 2.39. The molecule has 2 rings (SSSR count). The summed E-state index contributed by atoms with van der Waals surface area (Å²) in [4.78, 5) is 13.0. The summed E-state index contributed by atoms with van der Waals surface area (Å²) in [6, 6.07) is 5.48. The van der Waals surface area contributed by atoms with Crippen LogP contribution in [0, 0.1) is 6.92 Å². The summed E-state index contributed by atoms with van der Waals surface area (Å²) in [6.45, 7) is 2.56. The molecule has 1 aromatic rings. The van der Waals surface area contributed by atoms with Crippen LogP contribution in [0.25, 0.3) is 0 Å². The Kier molecular flexibility index (Phi) is 2.71. The Labute approximate surface area is 100 Å². The number of aryl methyl sites for hydroxylation is 1. The molecule has 1 atom stereocenters. The van der Waals surface area contributed by atoms with Crippen LogP contribution in [0.5, 0.6) is 0 Å². The molecule has 5 N–H and O–H groups in total. The quantitative estimate of drug-likeness (QED) is 0.663. The van der Waals surface area contributed by atoms with Crippen LogP contribution in [0.2, 0.25) is 0 Å². The molecule has 1 heterocycles. The molecule has 0 radical (unpaired) electrons. The highest BCUT2D eigenvalue weighted by atomic mass is 16.4. The molecule has 17 heavy (non-hydrogen) atoms. The predicted octanol–water partition coefficient (Wildman–Crippen LogP) is 0.917. The first kappa shape index (κ1) is 11.7. The molecule has 1 unspecified atom stereocenters. The summed E-state index contributed by atoms with van der Waals surface area (Å²) >= 11 is 0. The average molecular weight is 235 g/mol. The molecule has 1 aliphatic rings. The van der Waals surface area contributed by atoms with Gasteiger partial charge in [0.05, 0.1) is 0 Å². The van der Waals surface area contributed by atoms with E-state index >= 15 is 0 Å². The van der Waals surface area contributed by atoms with Crippen molar-refractivity contribution in [3.8, 4) is 0 Å². The van der Waals surface area contributed by atoms with Crippen LogP contribution in [0.15, 0.2) is 18.2 Å². The molecule has 92 valence electrons. The fourth-order valence-electron chi connectivity index (χ4n) is 2.25. The van der Waals surface area contributed by atoms with E-state index in [0.29, 0.717) is 18.7 Å². The third-order valence-electron chi connectivity index (χ3n) is 3.36. The lowest BCUT2D eigenvalue weighted by molar-refractivity contribution is -0.142. The number of anilines is 2. The van der Waals surface area contributed by atoms with Crippen molar-refractivity contribution in [3.05, 3.63) is 23.8 Å². The maximum atomic E-state index is 11.3. The van der Waals surface area contributed by atoms with Crippen LogP contribution in [0.4, 0.5) is 11.4 Å². The van der Waals surface area contributed by atoms with E-state index in [4.69, 9.17) is 11.5 Å². The zero-order valence-electron chi connectivity index (χ0n) is 9.81. The van der Waals surface area contributed by atoms with Crippen molar-refractivity contribution in [1.29, 1.82) is 0 Å². The monoisotopic (exact) mass is 235 g/mol. The van der Waals surface area contributed by atoms with Gasteiger partial charge in [0.25, 0.3) is 0 Å². The standard InChI is InChI=1S/C12H17N3O2/c1-8-7-9(3-4-10(8)13)15-6-2-5-12(15,14)11(16)17/h3-4,7H,2,5-6,13-14H2,1H3,(H,16,17). The van der Waals surface area contributed by atoms with Gasteiger partial charge in [0, 0.05) is 17.9 Å². The second-order valence-corrected chi connectivity index (χ2v) is 4.53. The van der Waals surface area contributed by atoms with Gasteiger partial charge in [0.2, 0.25) is 0 Å². The van der Waals surface area contributed by atoms with E-state index in [1.165, 1.54) is 0 Å². The van der Waals surface area contributed by atoms with Crippen LogP contribution in [0.1, 0.15) is 18.4 Å². The van der Waals surface area contributed by atoms with Gasteiger partial charge in [-0.3, -0.25) is 5.73 Å². The largest absolute Gasteiger partial charge is 0.478 e. The minimum absolute atomic E-state index is 0.464. The van der Waals surface area contributed by atoms with Gasteiger partial charge in [-0.1, -0.05) is 0 Å². The molecule has 5 nitrogen and oxygen atoms in total. The van der Waals surface area contributed by atoms with Gasteiger partial charge < -0.3 is 15.7 Å². The zero-order valence-corrected chi connectivity index (χ0v) is 9.81. The SMILES string of the molecule is Cc1cc(N2CCCC2(N)C(=O)O)ccc1N. The van der Waals surface area contributed by atoms with E-state index < -0.39 is 11.6 Å². The highest BCUT2D eigenvalue weighted by molar-refractivity contribution is 5.83. The lowest BCUT2D eigenvalue weighted by Crippen LogP contribution is -2.58.